The first kappa shape index (κ1) is 8.09. The minimum Gasteiger partial charge on any atom is -0.481 e. The molecule has 2 fully saturated rings. The monoisotopic (exact) mass is 168 g/mol. The molecule has 2 heteroatoms. The summed E-state index contributed by atoms with van der Waals surface area (Å²) in [6, 6.07) is 0. The van der Waals surface area contributed by atoms with Crippen LogP contribution in [0.1, 0.15) is 38.5 Å². The van der Waals surface area contributed by atoms with Gasteiger partial charge >= 0.3 is 5.97 Å². The number of hydrogen-bond acceptors (Lipinski definition) is 1. The van der Waals surface area contributed by atoms with Crippen molar-refractivity contribution in [2.24, 2.45) is 17.8 Å². The van der Waals surface area contributed by atoms with E-state index in [1.165, 1.54) is 25.7 Å². The Morgan fingerprint density at radius 2 is 1.75 bits per heavy atom. The lowest BCUT2D eigenvalue weighted by Crippen LogP contribution is -2.28. The molecule has 0 bridgehead atoms. The van der Waals surface area contributed by atoms with Crippen LogP contribution < -0.4 is 0 Å². The first-order valence-electron chi connectivity index (χ1n) is 5.02. The second-order valence-corrected chi connectivity index (χ2v) is 4.23. The summed E-state index contributed by atoms with van der Waals surface area (Å²) in [7, 11) is 0. The van der Waals surface area contributed by atoms with Gasteiger partial charge in [0.15, 0.2) is 0 Å². The number of carboxylic acids is 1. The zero-order valence-corrected chi connectivity index (χ0v) is 7.33. The van der Waals surface area contributed by atoms with Crippen LogP contribution in [-0.4, -0.2) is 11.1 Å². The fourth-order valence-electron chi connectivity index (χ4n) is 2.55. The van der Waals surface area contributed by atoms with Crippen molar-refractivity contribution in [1.82, 2.24) is 0 Å². The van der Waals surface area contributed by atoms with E-state index in [2.05, 4.69) is 0 Å². The average Bonchev–Trinajstić information content (AvgIpc) is 2.87. The molecule has 2 aliphatic carbocycles. The van der Waals surface area contributed by atoms with Crippen LogP contribution in [0.5, 0.6) is 0 Å². The maximum absolute atomic E-state index is 10.9. The van der Waals surface area contributed by atoms with Crippen molar-refractivity contribution in [3.63, 3.8) is 0 Å². The molecule has 12 heavy (non-hydrogen) atoms. The van der Waals surface area contributed by atoms with E-state index in [9.17, 15) is 4.79 Å². The first-order chi connectivity index (χ1) is 5.79. The Hall–Kier alpha value is -0.530. The van der Waals surface area contributed by atoms with E-state index >= 15 is 0 Å². The van der Waals surface area contributed by atoms with Gasteiger partial charge in [-0.3, -0.25) is 4.79 Å². The summed E-state index contributed by atoms with van der Waals surface area (Å²) < 4.78 is 0. The fourth-order valence-corrected chi connectivity index (χ4v) is 2.55. The Balaban J connectivity index is 2.00. The summed E-state index contributed by atoms with van der Waals surface area (Å²) in [6.45, 7) is 0. The van der Waals surface area contributed by atoms with E-state index in [-0.39, 0.29) is 5.92 Å². The number of carboxylic acid groups (broad SMARTS) is 1. The molecule has 0 saturated heterocycles. The molecule has 2 rings (SSSR count). The van der Waals surface area contributed by atoms with Gasteiger partial charge in [0.05, 0.1) is 5.92 Å². The molecule has 2 atom stereocenters. The van der Waals surface area contributed by atoms with Crippen molar-refractivity contribution in [3.8, 4) is 0 Å². The largest absolute Gasteiger partial charge is 0.481 e. The molecular formula is C10H16O2. The molecule has 0 spiro atoms. The van der Waals surface area contributed by atoms with Gasteiger partial charge in [-0.1, -0.05) is 12.8 Å². The molecule has 0 aromatic heterocycles. The molecule has 68 valence electrons. The highest BCUT2D eigenvalue weighted by molar-refractivity contribution is 5.70. The molecule has 0 aliphatic heterocycles. The van der Waals surface area contributed by atoms with Crippen LogP contribution in [-0.2, 0) is 4.79 Å². The third-order valence-corrected chi connectivity index (χ3v) is 3.36. The maximum Gasteiger partial charge on any atom is 0.306 e. The van der Waals surface area contributed by atoms with Gasteiger partial charge in [0, 0.05) is 0 Å². The van der Waals surface area contributed by atoms with Gasteiger partial charge in [-0.15, -0.1) is 0 Å². The van der Waals surface area contributed by atoms with Crippen LogP contribution in [0.4, 0.5) is 0 Å². The Morgan fingerprint density at radius 1 is 1.08 bits per heavy atom. The van der Waals surface area contributed by atoms with Crippen LogP contribution in [0.15, 0.2) is 0 Å². The molecule has 1 N–H and O–H groups in total. The van der Waals surface area contributed by atoms with Gasteiger partial charge in [0.1, 0.15) is 0 Å². The standard InChI is InChI=1S/C10H16O2/c11-10(12)9-4-2-1-3-8(9)7-5-6-7/h7-9H,1-6H2,(H,11,12)/t8-,9+/m0/s1. The van der Waals surface area contributed by atoms with Crippen LogP contribution in [0.2, 0.25) is 0 Å². The van der Waals surface area contributed by atoms with E-state index in [0.29, 0.717) is 5.92 Å². The minimum absolute atomic E-state index is 0.00810. The summed E-state index contributed by atoms with van der Waals surface area (Å²) >= 11 is 0. The SMILES string of the molecule is O=C(O)[C@@H]1CCCC[C@H]1C1CC1. The van der Waals surface area contributed by atoms with E-state index in [4.69, 9.17) is 5.11 Å². The van der Waals surface area contributed by atoms with Crippen molar-refractivity contribution in [2.45, 2.75) is 38.5 Å². The summed E-state index contributed by atoms with van der Waals surface area (Å²) in [5, 5.41) is 8.99. The predicted molar refractivity (Wildman–Crippen MR) is 45.8 cm³/mol. The number of hydrogen-bond donors (Lipinski definition) is 1. The van der Waals surface area contributed by atoms with E-state index < -0.39 is 5.97 Å². The third kappa shape index (κ3) is 1.47. The van der Waals surface area contributed by atoms with Crippen LogP contribution in [0.25, 0.3) is 0 Å². The molecule has 0 unspecified atom stereocenters. The van der Waals surface area contributed by atoms with Gasteiger partial charge < -0.3 is 5.11 Å². The van der Waals surface area contributed by atoms with Crippen LogP contribution in [0.3, 0.4) is 0 Å². The Bertz CT molecular complexity index is 184. The van der Waals surface area contributed by atoms with Crippen molar-refractivity contribution in [3.05, 3.63) is 0 Å². The fraction of sp³-hybridized carbons (Fsp3) is 0.900. The molecule has 0 aromatic carbocycles. The molecule has 2 nitrogen and oxygen atoms in total. The van der Waals surface area contributed by atoms with Gasteiger partial charge in [0.2, 0.25) is 0 Å². The normalized spacial score (nSPS) is 36.3. The first-order valence-corrected chi connectivity index (χ1v) is 5.02. The molecular weight excluding hydrogens is 152 g/mol. The summed E-state index contributed by atoms with van der Waals surface area (Å²) in [4.78, 5) is 10.9. The molecule has 2 aliphatic rings. The highest BCUT2D eigenvalue weighted by Crippen LogP contribution is 2.46. The molecule has 2 saturated carbocycles. The summed E-state index contributed by atoms with van der Waals surface area (Å²) in [6.07, 6.45) is 7.05. The summed E-state index contributed by atoms with van der Waals surface area (Å²) in [5.74, 6) is 0.737. The van der Waals surface area contributed by atoms with Gasteiger partial charge in [-0.25, -0.2) is 0 Å². The van der Waals surface area contributed by atoms with Crippen LogP contribution >= 0.6 is 0 Å². The zero-order chi connectivity index (χ0) is 8.55. The smallest absolute Gasteiger partial charge is 0.306 e. The maximum atomic E-state index is 10.9. The zero-order valence-electron chi connectivity index (χ0n) is 7.33. The van der Waals surface area contributed by atoms with Crippen molar-refractivity contribution in [1.29, 1.82) is 0 Å². The predicted octanol–water partition coefficient (Wildman–Crippen LogP) is 2.29. The average molecular weight is 168 g/mol. The number of rotatable bonds is 2. The number of carbonyl (C=O) groups is 1. The van der Waals surface area contributed by atoms with Gasteiger partial charge in [-0.05, 0) is 37.5 Å². The lowest BCUT2D eigenvalue weighted by atomic mass is 9.76. The van der Waals surface area contributed by atoms with Crippen molar-refractivity contribution in [2.75, 3.05) is 0 Å². The molecule has 0 amide bonds. The van der Waals surface area contributed by atoms with Gasteiger partial charge in [-0.2, -0.15) is 0 Å². The minimum atomic E-state index is -0.549. The number of aliphatic carboxylic acids is 1. The van der Waals surface area contributed by atoms with Gasteiger partial charge in [0.25, 0.3) is 0 Å². The van der Waals surface area contributed by atoms with E-state index in [1.54, 1.807) is 0 Å². The summed E-state index contributed by atoms with van der Waals surface area (Å²) in [5.41, 5.74) is 0. The Labute approximate surface area is 73.0 Å². The lowest BCUT2D eigenvalue weighted by Gasteiger charge is -2.28. The van der Waals surface area contributed by atoms with Crippen molar-refractivity contribution < 1.29 is 9.90 Å². The highest BCUT2D eigenvalue weighted by Gasteiger charge is 2.40. The quantitative estimate of drug-likeness (QED) is 0.686. The van der Waals surface area contributed by atoms with E-state index in [0.717, 1.165) is 18.8 Å². The second-order valence-electron chi connectivity index (χ2n) is 4.23. The second kappa shape index (κ2) is 3.08. The lowest BCUT2D eigenvalue weighted by molar-refractivity contribution is -0.145. The van der Waals surface area contributed by atoms with Crippen molar-refractivity contribution >= 4 is 5.97 Å². The molecule has 0 radical (unpaired) electrons. The highest BCUT2D eigenvalue weighted by atomic mass is 16.4. The topological polar surface area (TPSA) is 37.3 Å². The third-order valence-electron chi connectivity index (χ3n) is 3.36. The Kier molecular flexibility index (Phi) is 2.07. The Morgan fingerprint density at radius 3 is 2.33 bits per heavy atom. The molecule has 0 heterocycles. The molecule has 0 aromatic rings. The van der Waals surface area contributed by atoms with E-state index in [1.807, 2.05) is 0 Å². The van der Waals surface area contributed by atoms with Crippen LogP contribution in [0, 0.1) is 17.8 Å².